The summed E-state index contributed by atoms with van der Waals surface area (Å²) in [6, 6.07) is 0. The van der Waals surface area contributed by atoms with E-state index in [1.807, 2.05) is 0 Å². The van der Waals surface area contributed by atoms with Crippen molar-refractivity contribution in [3.05, 3.63) is 0 Å². The smallest absolute Gasteiger partial charge is 0.0170 e. The largest absolute Gasteiger partial charge is 0.178 e. The van der Waals surface area contributed by atoms with Gasteiger partial charge in [-0.3, -0.25) is 0 Å². The van der Waals surface area contributed by atoms with E-state index in [0.717, 1.165) is 24.3 Å². The first-order valence-electron chi connectivity index (χ1n) is 4.60. The van der Waals surface area contributed by atoms with Crippen LogP contribution in [0.25, 0.3) is 0 Å². The second kappa shape index (κ2) is 6.81. The molecule has 0 spiro atoms. The molecule has 0 fully saturated rings. The highest BCUT2D eigenvalue weighted by Gasteiger charge is 2.35. The van der Waals surface area contributed by atoms with Gasteiger partial charge in [-0.2, -0.15) is 50.5 Å². The molecular formula is C9H20S4. The van der Waals surface area contributed by atoms with Crippen molar-refractivity contribution >= 4 is 50.5 Å². The van der Waals surface area contributed by atoms with E-state index in [0.29, 0.717) is 10.5 Å². The van der Waals surface area contributed by atoms with Gasteiger partial charge in [0, 0.05) is 22.0 Å². The second-order valence-corrected chi connectivity index (χ2v) is 5.63. The maximum atomic E-state index is 4.58. The molecule has 0 aliphatic carbocycles. The van der Waals surface area contributed by atoms with Crippen LogP contribution in [0, 0.1) is 5.41 Å². The lowest BCUT2D eigenvalue weighted by Gasteiger charge is -2.38. The molecule has 0 aliphatic rings. The zero-order valence-corrected chi connectivity index (χ0v) is 11.8. The van der Waals surface area contributed by atoms with Gasteiger partial charge in [0.25, 0.3) is 0 Å². The molecule has 0 nitrogen and oxygen atoms in total. The highest BCUT2D eigenvalue weighted by atomic mass is 32.1. The van der Waals surface area contributed by atoms with Crippen LogP contribution in [0.2, 0.25) is 0 Å². The maximum Gasteiger partial charge on any atom is 0.0170 e. The van der Waals surface area contributed by atoms with Crippen molar-refractivity contribution in [2.24, 2.45) is 5.41 Å². The van der Waals surface area contributed by atoms with Crippen molar-refractivity contribution in [3.63, 3.8) is 0 Å². The average molecular weight is 257 g/mol. The van der Waals surface area contributed by atoms with Crippen molar-refractivity contribution in [3.8, 4) is 0 Å². The van der Waals surface area contributed by atoms with Gasteiger partial charge in [0.05, 0.1) is 0 Å². The topological polar surface area (TPSA) is 0 Å². The normalized spacial score (nSPS) is 20.8. The molecule has 0 rings (SSSR count). The summed E-state index contributed by atoms with van der Waals surface area (Å²) >= 11 is 17.8. The molecule has 0 amide bonds. The lowest BCUT2D eigenvalue weighted by molar-refractivity contribution is 0.298. The molecule has 0 aromatic carbocycles. The van der Waals surface area contributed by atoms with Crippen LogP contribution in [-0.2, 0) is 0 Å². The van der Waals surface area contributed by atoms with Crippen molar-refractivity contribution < 1.29 is 0 Å². The van der Waals surface area contributed by atoms with Gasteiger partial charge in [-0.25, -0.2) is 0 Å². The Morgan fingerprint density at radius 1 is 1.08 bits per heavy atom. The first-order valence-corrected chi connectivity index (χ1v) is 6.90. The number of thiol groups is 4. The highest BCUT2D eigenvalue weighted by molar-refractivity contribution is 7.85. The Balaban J connectivity index is 4.50. The molecule has 0 aromatic rings. The third-order valence-electron chi connectivity index (χ3n) is 2.66. The summed E-state index contributed by atoms with van der Waals surface area (Å²) in [6.07, 6.45) is 2.29. The van der Waals surface area contributed by atoms with Crippen LogP contribution >= 0.6 is 50.5 Å². The minimum Gasteiger partial charge on any atom is -0.178 e. The summed E-state index contributed by atoms with van der Waals surface area (Å²) < 4.78 is 0. The lowest BCUT2D eigenvalue weighted by atomic mass is 9.79. The van der Waals surface area contributed by atoms with Gasteiger partial charge in [0.2, 0.25) is 0 Å². The lowest BCUT2D eigenvalue weighted by Crippen LogP contribution is -2.39. The summed E-state index contributed by atoms with van der Waals surface area (Å²) in [5.74, 6) is 1.59. The van der Waals surface area contributed by atoms with Gasteiger partial charge < -0.3 is 0 Å². The van der Waals surface area contributed by atoms with Crippen LogP contribution in [0.5, 0.6) is 0 Å². The summed E-state index contributed by atoms with van der Waals surface area (Å²) in [6.45, 7) is 4.43. The predicted octanol–water partition coefficient (Wildman–Crippen LogP) is 3.25. The van der Waals surface area contributed by atoms with Crippen LogP contribution < -0.4 is 0 Å². The van der Waals surface area contributed by atoms with E-state index >= 15 is 0 Å². The molecule has 2 atom stereocenters. The Bertz CT molecular complexity index is 128. The Morgan fingerprint density at radius 3 is 1.69 bits per heavy atom. The molecular weight excluding hydrogens is 236 g/mol. The maximum absolute atomic E-state index is 4.58. The van der Waals surface area contributed by atoms with E-state index in [9.17, 15) is 0 Å². The molecule has 0 aromatic heterocycles. The fraction of sp³-hybridized carbons (Fsp3) is 1.00. The molecule has 0 saturated carbocycles. The van der Waals surface area contributed by atoms with Crippen molar-refractivity contribution in [2.75, 3.05) is 11.5 Å². The minimum absolute atomic E-state index is 0.143. The van der Waals surface area contributed by atoms with Gasteiger partial charge in [-0.05, 0) is 11.8 Å². The van der Waals surface area contributed by atoms with E-state index < -0.39 is 0 Å². The zero-order valence-electron chi connectivity index (χ0n) is 8.27. The molecule has 0 saturated heterocycles. The quantitative estimate of drug-likeness (QED) is 0.515. The standard InChI is InChI=1S/C9H20S4/c1-3-4-9(2,7(12)5-10)8(13)6-11/h7-8,10-13H,3-6H2,1-2H3. The van der Waals surface area contributed by atoms with Crippen LogP contribution in [-0.4, -0.2) is 22.0 Å². The van der Waals surface area contributed by atoms with Crippen molar-refractivity contribution in [1.82, 2.24) is 0 Å². The first kappa shape index (κ1) is 14.4. The van der Waals surface area contributed by atoms with Crippen molar-refractivity contribution in [1.29, 1.82) is 0 Å². The van der Waals surface area contributed by atoms with Gasteiger partial charge >= 0.3 is 0 Å². The second-order valence-electron chi connectivity index (χ2n) is 3.65. The molecule has 13 heavy (non-hydrogen) atoms. The number of hydrogen-bond donors (Lipinski definition) is 4. The number of hydrogen-bond acceptors (Lipinski definition) is 4. The number of rotatable bonds is 6. The molecule has 0 bridgehead atoms. The van der Waals surface area contributed by atoms with Gasteiger partial charge in [0.15, 0.2) is 0 Å². The van der Waals surface area contributed by atoms with E-state index in [1.165, 1.54) is 0 Å². The summed E-state index contributed by atoms with van der Waals surface area (Å²) in [7, 11) is 0. The van der Waals surface area contributed by atoms with Gasteiger partial charge in [0.1, 0.15) is 0 Å². The van der Waals surface area contributed by atoms with E-state index in [-0.39, 0.29) is 5.41 Å². The average Bonchev–Trinajstić information content (AvgIpc) is 2.15. The summed E-state index contributed by atoms with van der Waals surface area (Å²) in [4.78, 5) is 0. The Hall–Kier alpha value is 1.40. The summed E-state index contributed by atoms with van der Waals surface area (Å²) in [5, 5.41) is 0.593. The molecule has 80 valence electrons. The predicted molar refractivity (Wildman–Crippen MR) is 76.3 cm³/mol. The van der Waals surface area contributed by atoms with Crippen LogP contribution in [0.4, 0.5) is 0 Å². The van der Waals surface area contributed by atoms with Crippen LogP contribution in [0.15, 0.2) is 0 Å². The molecule has 0 aliphatic heterocycles. The van der Waals surface area contributed by atoms with Crippen LogP contribution in [0.3, 0.4) is 0 Å². The third-order valence-corrected chi connectivity index (χ3v) is 5.51. The van der Waals surface area contributed by atoms with E-state index in [1.54, 1.807) is 0 Å². The molecule has 0 radical (unpaired) electrons. The molecule has 2 unspecified atom stereocenters. The van der Waals surface area contributed by atoms with Crippen molar-refractivity contribution in [2.45, 2.75) is 37.2 Å². The highest BCUT2D eigenvalue weighted by Crippen LogP contribution is 2.38. The van der Waals surface area contributed by atoms with Gasteiger partial charge in [-0.1, -0.05) is 20.3 Å². The Morgan fingerprint density at radius 2 is 1.46 bits per heavy atom. The van der Waals surface area contributed by atoms with Crippen LogP contribution in [0.1, 0.15) is 26.7 Å². The SMILES string of the molecule is CCCC(C)(C(S)CS)C(S)CS. The van der Waals surface area contributed by atoms with E-state index in [4.69, 9.17) is 0 Å². The third kappa shape index (κ3) is 3.80. The minimum atomic E-state index is 0.143. The monoisotopic (exact) mass is 256 g/mol. The Labute approximate surface area is 104 Å². The van der Waals surface area contributed by atoms with Gasteiger partial charge in [-0.15, -0.1) is 0 Å². The van der Waals surface area contributed by atoms with E-state index in [2.05, 4.69) is 64.4 Å². The fourth-order valence-corrected chi connectivity index (χ4v) is 3.08. The summed E-state index contributed by atoms with van der Waals surface area (Å²) in [5.41, 5.74) is 0.143. The molecule has 0 heterocycles. The Kier molecular flexibility index (Phi) is 7.54. The molecule has 0 N–H and O–H groups in total. The fourth-order valence-electron chi connectivity index (χ4n) is 1.51. The first-order chi connectivity index (χ1) is 6.02. The molecule has 4 heteroatoms. The zero-order chi connectivity index (χ0) is 10.5.